The van der Waals surface area contributed by atoms with E-state index in [2.05, 4.69) is 0 Å². The fraction of sp³-hybridized carbons (Fsp3) is 0.261. The van der Waals surface area contributed by atoms with Gasteiger partial charge in [0.05, 0.1) is 13.2 Å². The number of methoxy groups -OCH3 is 1. The first-order valence-corrected chi connectivity index (χ1v) is 9.70. The van der Waals surface area contributed by atoms with Crippen molar-refractivity contribution in [2.45, 2.75) is 26.0 Å². The number of amides is 3. The number of benzene rings is 2. The van der Waals surface area contributed by atoms with Crippen molar-refractivity contribution in [3.05, 3.63) is 82.6 Å². The van der Waals surface area contributed by atoms with Crippen molar-refractivity contribution in [2.75, 3.05) is 14.2 Å². The summed E-state index contributed by atoms with van der Waals surface area (Å²) in [4.78, 5) is 39.7. The van der Waals surface area contributed by atoms with E-state index >= 15 is 0 Å². The number of hydrogen-bond donors (Lipinski definition) is 0. The number of urea groups is 1. The quantitative estimate of drug-likeness (QED) is 0.638. The van der Waals surface area contributed by atoms with Crippen LogP contribution < -0.4 is 0 Å². The van der Waals surface area contributed by atoms with E-state index in [1.54, 1.807) is 37.3 Å². The molecule has 1 aliphatic rings. The third kappa shape index (κ3) is 4.18. The van der Waals surface area contributed by atoms with Gasteiger partial charge < -0.3 is 14.4 Å². The Labute approximate surface area is 183 Å². The van der Waals surface area contributed by atoms with Crippen LogP contribution in [0.15, 0.2) is 59.8 Å². The maximum atomic E-state index is 14.2. The zero-order valence-corrected chi connectivity index (χ0v) is 18.0. The lowest BCUT2D eigenvalue weighted by molar-refractivity contribution is -0.145. The average molecular weight is 444 g/mol. The number of halogens is 2. The standard InChI is InChI=1S/C23H22F2N2O5/c1-13-19(21(32-14(2)28)15-8-6-5-7-9-15)20(16-10-11-17(24)18(25)12-16)27(23(30)31-4)22(29)26(13)3/h5-12,20-21H,1-4H3. The van der Waals surface area contributed by atoms with Gasteiger partial charge in [0.15, 0.2) is 17.7 Å². The zero-order chi connectivity index (χ0) is 23.6. The van der Waals surface area contributed by atoms with Crippen molar-refractivity contribution in [2.24, 2.45) is 0 Å². The smallest absolute Gasteiger partial charge is 0.418 e. The molecule has 0 N–H and O–H groups in total. The maximum Gasteiger partial charge on any atom is 0.418 e. The predicted octanol–water partition coefficient (Wildman–Crippen LogP) is 4.72. The fourth-order valence-corrected chi connectivity index (χ4v) is 3.68. The molecule has 0 bridgehead atoms. The number of carbonyl (C=O) groups excluding carboxylic acids is 3. The first-order chi connectivity index (χ1) is 15.2. The van der Waals surface area contributed by atoms with Gasteiger partial charge in [0.1, 0.15) is 0 Å². The molecule has 0 saturated carbocycles. The monoisotopic (exact) mass is 444 g/mol. The molecule has 0 aliphatic carbocycles. The first-order valence-electron chi connectivity index (χ1n) is 9.70. The van der Waals surface area contributed by atoms with Gasteiger partial charge in [-0.05, 0) is 30.2 Å². The lowest BCUT2D eigenvalue weighted by atomic mass is 9.86. The summed E-state index contributed by atoms with van der Waals surface area (Å²) in [5.41, 5.74) is 1.39. The van der Waals surface area contributed by atoms with Crippen molar-refractivity contribution in [3.8, 4) is 0 Å². The molecule has 32 heavy (non-hydrogen) atoms. The Hall–Kier alpha value is -3.75. The molecule has 0 spiro atoms. The minimum absolute atomic E-state index is 0.109. The second-order valence-electron chi connectivity index (χ2n) is 7.20. The maximum absolute atomic E-state index is 14.2. The molecule has 9 heteroatoms. The number of nitrogens with zero attached hydrogens (tertiary/aromatic N) is 2. The molecule has 2 aromatic carbocycles. The number of imide groups is 1. The molecular weight excluding hydrogens is 422 g/mol. The van der Waals surface area contributed by atoms with Gasteiger partial charge in [-0.3, -0.25) is 4.79 Å². The van der Waals surface area contributed by atoms with Crippen LogP contribution in [0.5, 0.6) is 0 Å². The van der Waals surface area contributed by atoms with Gasteiger partial charge >= 0.3 is 18.1 Å². The van der Waals surface area contributed by atoms with E-state index < -0.39 is 41.9 Å². The molecule has 0 fully saturated rings. The summed E-state index contributed by atoms with van der Waals surface area (Å²) in [7, 11) is 2.55. The predicted molar refractivity (Wildman–Crippen MR) is 110 cm³/mol. The topological polar surface area (TPSA) is 76.2 Å². The molecule has 1 aliphatic heterocycles. The lowest BCUT2D eigenvalue weighted by Crippen LogP contribution is -2.51. The Morgan fingerprint density at radius 3 is 2.28 bits per heavy atom. The first kappa shape index (κ1) is 22.9. The van der Waals surface area contributed by atoms with Crippen molar-refractivity contribution < 1.29 is 32.6 Å². The third-order valence-electron chi connectivity index (χ3n) is 5.27. The number of hydrogen-bond acceptors (Lipinski definition) is 5. The lowest BCUT2D eigenvalue weighted by Gasteiger charge is -2.42. The Morgan fingerprint density at radius 1 is 1.06 bits per heavy atom. The van der Waals surface area contributed by atoms with Crippen LogP contribution in [0.4, 0.5) is 18.4 Å². The van der Waals surface area contributed by atoms with Crippen molar-refractivity contribution in [1.29, 1.82) is 0 Å². The molecular formula is C23H22F2N2O5. The largest absolute Gasteiger partial charge is 0.453 e. The molecule has 1 heterocycles. The summed E-state index contributed by atoms with van der Waals surface area (Å²) >= 11 is 0. The van der Waals surface area contributed by atoms with Crippen LogP contribution in [0.25, 0.3) is 0 Å². The minimum Gasteiger partial charge on any atom is -0.453 e. The molecule has 2 aromatic rings. The number of ether oxygens (including phenoxy) is 2. The summed E-state index contributed by atoms with van der Waals surface area (Å²) in [5.74, 6) is -2.84. The number of carbonyl (C=O) groups is 3. The fourth-order valence-electron chi connectivity index (χ4n) is 3.68. The highest BCUT2D eigenvalue weighted by Crippen LogP contribution is 2.45. The summed E-state index contributed by atoms with van der Waals surface area (Å²) in [6, 6.07) is 9.81. The van der Waals surface area contributed by atoms with E-state index in [1.807, 2.05) is 0 Å². The Balaban J connectivity index is 2.32. The van der Waals surface area contributed by atoms with Gasteiger partial charge in [-0.15, -0.1) is 0 Å². The highest BCUT2D eigenvalue weighted by Gasteiger charge is 2.45. The molecule has 2 atom stereocenters. The van der Waals surface area contributed by atoms with Crippen LogP contribution in [0.1, 0.15) is 37.1 Å². The summed E-state index contributed by atoms with van der Waals surface area (Å²) < 4.78 is 38.3. The Bertz CT molecular complexity index is 1090. The van der Waals surface area contributed by atoms with E-state index in [9.17, 15) is 23.2 Å². The van der Waals surface area contributed by atoms with E-state index in [4.69, 9.17) is 9.47 Å². The highest BCUT2D eigenvalue weighted by molar-refractivity contribution is 5.94. The molecule has 3 rings (SSSR count). The van der Waals surface area contributed by atoms with Gasteiger partial charge in [-0.1, -0.05) is 36.4 Å². The summed E-state index contributed by atoms with van der Waals surface area (Å²) in [6.07, 6.45) is -2.02. The summed E-state index contributed by atoms with van der Waals surface area (Å²) in [6.45, 7) is 2.85. The molecule has 0 aromatic heterocycles. The van der Waals surface area contributed by atoms with E-state index in [1.165, 1.54) is 24.9 Å². The van der Waals surface area contributed by atoms with E-state index in [0.717, 1.165) is 24.1 Å². The van der Waals surface area contributed by atoms with Crippen LogP contribution in [0.2, 0.25) is 0 Å². The molecule has 168 valence electrons. The second kappa shape index (κ2) is 9.17. The van der Waals surface area contributed by atoms with Gasteiger partial charge in [0, 0.05) is 25.2 Å². The van der Waals surface area contributed by atoms with E-state index in [-0.39, 0.29) is 5.56 Å². The SMILES string of the molecule is COC(=O)N1C(=O)N(C)C(C)=C(C(OC(C)=O)c2ccccc2)C1c1ccc(F)c(F)c1. The van der Waals surface area contributed by atoms with Crippen molar-refractivity contribution >= 4 is 18.1 Å². The molecule has 0 saturated heterocycles. The number of allylic oxidation sites excluding steroid dienone is 1. The van der Waals surface area contributed by atoms with Crippen LogP contribution in [-0.4, -0.2) is 42.1 Å². The minimum atomic E-state index is -1.22. The number of rotatable bonds is 4. The van der Waals surface area contributed by atoms with Crippen LogP contribution in [-0.2, 0) is 14.3 Å². The van der Waals surface area contributed by atoms with Crippen LogP contribution >= 0.6 is 0 Å². The number of esters is 1. The second-order valence-corrected chi connectivity index (χ2v) is 7.20. The zero-order valence-electron chi connectivity index (χ0n) is 18.0. The van der Waals surface area contributed by atoms with Gasteiger partial charge in [0.25, 0.3) is 0 Å². The van der Waals surface area contributed by atoms with Crippen molar-refractivity contribution in [3.63, 3.8) is 0 Å². The average Bonchev–Trinajstić information content (AvgIpc) is 2.78. The van der Waals surface area contributed by atoms with Gasteiger partial charge in [-0.2, -0.15) is 0 Å². The van der Waals surface area contributed by atoms with Gasteiger partial charge in [0.2, 0.25) is 0 Å². The molecule has 0 radical (unpaired) electrons. The Kier molecular flexibility index (Phi) is 6.57. The van der Waals surface area contributed by atoms with Crippen LogP contribution in [0.3, 0.4) is 0 Å². The van der Waals surface area contributed by atoms with Crippen molar-refractivity contribution in [1.82, 2.24) is 9.80 Å². The molecule has 3 amide bonds. The molecule has 2 unspecified atom stereocenters. The summed E-state index contributed by atoms with van der Waals surface area (Å²) in [5, 5.41) is 0. The van der Waals surface area contributed by atoms with Gasteiger partial charge in [-0.25, -0.2) is 23.3 Å². The highest BCUT2D eigenvalue weighted by atomic mass is 19.2. The van der Waals surface area contributed by atoms with E-state index in [0.29, 0.717) is 16.8 Å². The Morgan fingerprint density at radius 2 is 1.72 bits per heavy atom. The molecule has 7 nitrogen and oxygen atoms in total. The van der Waals surface area contributed by atoms with Crippen LogP contribution in [0, 0.1) is 11.6 Å². The normalized spacial score (nSPS) is 17.3. The third-order valence-corrected chi connectivity index (χ3v) is 5.27.